The summed E-state index contributed by atoms with van der Waals surface area (Å²) in [5, 5.41) is 0. The van der Waals surface area contributed by atoms with E-state index in [1.54, 1.807) is 6.07 Å². The van der Waals surface area contributed by atoms with Crippen molar-refractivity contribution < 1.29 is 4.39 Å². The van der Waals surface area contributed by atoms with E-state index in [0.717, 1.165) is 18.2 Å². The topological polar surface area (TPSA) is 29.3 Å². The molecule has 0 radical (unpaired) electrons. The van der Waals surface area contributed by atoms with Crippen LogP contribution < -0.4 is 10.6 Å². The Morgan fingerprint density at radius 2 is 2.17 bits per heavy atom. The molecule has 0 spiro atoms. The molecule has 1 aliphatic rings. The van der Waals surface area contributed by atoms with Crippen LogP contribution in [-0.2, 0) is 0 Å². The van der Waals surface area contributed by atoms with Crippen molar-refractivity contribution in [2.75, 3.05) is 11.4 Å². The molecule has 2 nitrogen and oxygen atoms in total. The van der Waals surface area contributed by atoms with Crippen molar-refractivity contribution in [2.45, 2.75) is 32.7 Å². The number of benzene rings is 1. The molecule has 2 rings (SSSR count). The number of hydrogen-bond donors (Lipinski definition) is 1. The van der Waals surface area contributed by atoms with Crippen LogP contribution in [0.4, 0.5) is 10.1 Å². The average molecular weight is 266 g/mol. The van der Waals surface area contributed by atoms with Crippen molar-refractivity contribution in [1.29, 1.82) is 0 Å². The van der Waals surface area contributed by atoms with Crippen molar-refractivity contribution in [3.05, 3.63) is 29.6 Å². The first-order valence-corrected chi connectivity index (χ1v) is 6.76. The van der Waals surface area contributed by atoms with Gasteiger partial charge in [-0.1, -0.05) is 18.3 Å². The molecule has 1 saturated carbocycles. The fraction of sp³-hybridized carbons (Fsp3) is 0.500. The molecule has 0 atom stereocenters. The number of thiocarbonyl (C=S) groups is 1. The van der Waals surface area contributed by atoms with Gasteiger partial charge in [-0.15, -0.1) is 0 Å². The van der Waals surface area contributed by atoms with Crippen LogP contribution in [0.3, 0.4) is 0 Å². The summed E-state index contributed by atoms with van der Waals surface area (Å²) in [5.41, 5.74) is 6.86. The molecule has 0 aromatic heterocycles. The molecular formula is C14H19FN2S. The number of nitrogens with two attached hydrogens (primary N) is 1. The first-order chi connectivity index (χ1) is 8.50. The Hall–Kier alpha value is -1.16. The Bertz CT molecular complexity index is 455. The minimum Gasteiger partial charge on any atom is -0.389 e. The van der Waals surface area contributed by atoms with E-state index in [2.05, 4.69) is 18.7 Å². The Balaban J connectivity index is 2.39. The van der Waals surface area contributed by atoms with E-state index < -0.39 is 0 Å². The van der Waals surface area contributed by atoms with E-state index in [4.69, 9.17) is 18.0 Å². The molecule has 0 unspecified atom stereocenters. The van der Waals surface area contributed by atoms with Crippen molar-refractivity contribution in [2.24, 2.45) is 11.7 Å². The third kappa shape index (κ3) is 2.80. The van der Waals surface area contributed by atoms with Gasteiger partial charge in [-0.3, -0.25) is 0 Å². The number of rotatable bonds is 5. The lowest BCUT2D eigenvalue weighted by molar-refractivity contribution is 0.614. The third-order valence-electron chi connectivity index (χ3n) is 3.32. The molecular weight excluding hydrogens is 247 g/mol. The van der Waals surface area contributed by atoms with Gasteiger partial charge in [0, 0.05) is 12.6 Å². The first-order valence-electron chi connectivity index (χ1n) is 6.35. The minimum absolute atomic E-state index is 0.129. The predicted molar refractivity (Wildman–Crippen MR) is 77.5 cm³/mol. The monoisotopic (exact) mass is 266 g/mol. The maximum Gasteiger partial charge on any atom is 0.135 e. The lowest BCUT2D eigenvalue weighted by Crippen LogP contribution is -2.34. The summed E-state index contributed by atoms with van der Waals surface area (Å²) in [6, 6.07) is 5.34. The number of halogens is 1. The van der Waals surface area contributed by atoms with E-state index in [0.29, 0.717) is 11.6 Å². The molecule has 0 aliphatic heterocycles. The zero-order chi connectivity index (χ0) is 13.3. The minimum atomic E-state index is -0.332. The third-order valence-corrected chi connectivity index (χ3v) is 3.53. The van der Waals surface area contributed by atoms with Crippen LogP contribution in [0, 0.1) is 11.7 Å². The van der Waals surface area contributed by atoms with Crippen LogP contribution in [0.1, 0.15) is 32.3 Å². The van der Waals surface area contributed by atoms with Gasteiger partial charge in [-0.05, 0) is 44.7 Å². The van der Waals surface area contributed by atoms with Gasteiger partial charge in [0.2, 0.25) is 0 Å². The molecule has 0 heterocycles. The average Bonchev–Trinajstić information content (AvgIpc) is 3.08. The van der Waals surface area contributed by atoms with E-state index in [1.165, 1.54) is 18.9 Å². The second-order valence-electron chi connectivity index (χ2n) is 5.19. The normalized spacial score (nSPS) is 14.9. The van der Waals surface area contributed by atoms with E-state index >= 15 is 0 Å². The zero-order valence-corrected chi connectivity index (χ0v) is 11.6. The Labute approximate surface area is 113 Å². The van der Waals surface area contributed by atoms with Crippen LogP contribution >= 0.6 is 12.2 Å². The second kappa shape index (κ2) is 5.22. The van der Waals surface area contributed by atoms with Crippen LogP contribution in [-0.4, -0.2) is 17.6 Å². The van der Waals surface area contributed by atoms with Crippen LogP contribution in [0.15, 0.2) is 18.2 Å². The Morgan fingerprint density at radius 1 is 1.50 bits per heavy atom. The van der Waals surface area contributed by atoms with Gasteiger partial charge in [0.15, 0.2) is 0 Å². The van der Waals surface area contributed by atoms with E-state index in [1.807, 2.05) is 6.07 Å². The molecule has 98 valence electrons. The summed E-state index contributed by atoms with van der Waals surface area (Å²) in [6.07, 6.45) is 2.53. The van der Waals surface area contributed by atoms with Gasteiger partial charge in [0.05, 0.1) is 11.3 Å². The molecule has 1 fully saturated rings. The van der Waals surface area contributed by atoms with Gasteiger partial charge >= 0.3 is 0 Å². The van der Waals surface area contributed by atoms with Crippen molar-refractivity contribution in [3.8, 4) is 0 Å². The molecule has 0 amide bonds. The second-order valence-corrected chi connectivity index (χ2v) is 5.63. The quantitative estimate of drug-likeness (QED) is 0.830. The molecule has 18 heavy (non-hydrogen) atoms. The number of hydrogen-bond acceptors (Lipinski definition) is 2. The van der Waals surface area contributed by atoms with Gasteiger partial charge in [0.1, 0.15) is 10.8 Å². The SMILES string of the molecule is CC(C)N(CC1CC1)c1cccc(F)c1C(N)=S. The fourth-order valence-electron chi connectivity index (χ4n) is 2.16. The van der Waals surface area contributed by atoms with Crippen LogP contribution in [0.5, 0.6) is 0 Å². The number of anilines is 1. The largest absolute Gasteiger partial charge is 0.389 e. The molecule has 0 saturated heterocycles. The predicted octanol–water partition coefficient (Wildman–Crippen LogP) is 3.08. The smallest absolute Gasteiger partial charge is 0.135 e. The Morgan fingerprint density at radius 3 is 2.67 bits per heavy atom. The standard InChI is InChI=1S/C14H19FN2S/c1-9(2)17(8-10-6-7-10)12-5-3-4-11(15)13(12)14(16)18/h3-5,9-10H,6-8H2,1-2H3,(H2,16,18). The maximum atomic E-state index is 13.9. The highest BCUT2D eigenvalue weighted by atomic mass is 32.1. The summed E-state index contributed by atoms with van der Waals surface area (Å²) in [4.78, 5) is 2.33. The van der Waals surface area contributed by atoms with Crippen LogP contribution in [0.2, 0.25) is 0 Å². The summed E-state index contributed by atoms with van der Waals surface area (Å²) in [5.74, 6) is 0.399. The highest BCUT2D eigenvalue weighted by Crippen LogP contribution is 2.34. The highest BCUT2D eigenvalue weighted by molar-refractivity contribution is 7.80. The lowest BCUT2D eigenvalue weighted by Gasteiger charge is -2.31. The zero-order valence-electron chi connectivity index (χ0n) is 10.8. The molecule has 1 aromatic rings. The fourth-order valence-corrected chi connectivity index (χ4v) is 2.36. The summed E-state index contributed by atoms with van der Waals surface area (Å²) in [7, 11) is 0. The van der Waals surface area contributed by atoms with Gasteiger partial charge in [0.25, 0.3) is 0 Å². The van der Waals surface area contributed by atoms with E-state index in [9.17, 15) is 4.39 Å². The first kappa shape index (κ1) is 13.3. The molecule has 1 aromatic carbocycles. The molecule has 1 aliphatic carbocycles. The lowest BCUT2D eigenvalue weighted by atomic mass is 10.1. The molecule has 2 N–H and O–H groups in total. The maximum absolute atomic E-state index is 13.9. The highest BCUT2D eigenvalue weighted by Gasteiger charge is 2.27. The van der Waals surface area contributed by atoms with Gasteiger partial charge in [-0.2, -0.15) is 0 Å². The number of nitrogens with zero attached hydrogens (tertiary/aromatic N) is 1. The van der Waals surface area contributed by atoms with E-state index in [-0.39, 0.29) is 10.8 Å². The van der Waals surface area contributed by atoms with Gasteiger partial charge < -0.3 is 10.6 Å². The molecule has 0 bridgehead atoms. The van der Waals surface area contributed by atoms with Crippen molar-refractivity contribution in [1.82, 2.24) is 0 Å². The summed E-state index contributed by atoms with van der Waals surface area (Å²) < 4.78 is 13.9. The molecule has 4 heteroatoms. The van der Waals surface area contributed by atoms with Gasteiger partial charge in [-0.25, -0.2) is 4.39 Å². The van der Waals surface area contributed by atoms with Crippen molar-refractivity contribution >= 4 is 22.9 Å². The summed E-state index contributed by atoms with van der Waals surface area (Å²) >= 11 is 4.98. The van der Waals surface area contributed by atoms with Crippen molar-refractivity contribution in [3.63, 3.8) is 0 Å². The van der Waals surface area contributed by atoms with Crippen LogP contribution in [0.25, 0.3) is 0 Å². The Kier molecular flexibility index (Phi) is 3.85. The summed E-state index contributed by atoms with van der Waals surface area (Å²) in [6.45, 7) is 5.17.